The monoisotopic (exact) mass is 313 g/mol. The van der Waals surface area contributed by atoms with Gasteiger partial charge in [0.2, 0.25) is 15.9 Å². The van der Waals surface area contributed by atoms with Crippen LogP contribution in [0, 0.1) is 12.3 Å². The molecular weight excluding hydrogens is 290 g/mol. The second-order valence-corrected chi connectivity index (χ2v) is 7.88. The summed E-state index contributed by atoms with van der Waals surface area (Å²) in [5.74, 6) is -0.348. The van der Waals surface area contributed by atoms with E-state index in [2.05, 4.69) is 10.0 Å². The van der Waals surface area contributed by atoms with Crippen LogP contribution < -0.4 is 15.8 Å². The molecule has 6 nitrogen and oxygen atoms in total. The van der Waals surface area contributed by atoms with Gasteiger partial charge in [0.05, 0.1) is 10.9 Å². The number of anilines is 1. The van der Waals surface area contributed by atoms with E-state index in [1.54, 1.807) is 19.1 Å². The summed E-state index contributed by atoms with van der Waals surface area (Å²) >= 11 is 0. The molecule has 21 heavy (non-hydrogen) atoms. The number of aryl methyl sites for hydroxylation is 1. The highest BCUT2D eigenvalue weighted by molar-refractivity contribution is 7.89. The largest absolute Gasteiger partial charge is 0.325 e. The van der Waals surface area contributed by atoms with E-state index < -0.39 is 16.1 Å². The van der Waals surface area contributed by atoms with Gasteiger partial charge >= 0.3 is 0 Å². The topological polar surface area (TPSA) is 101 Å². The summed E-state index contributed by atoms with van der Waals surface area (Å²) in [7, 11) is -2.23. The number of hydrogen-bond donors (Lipinski definition) is 3. The first-order valence-corrected chi connectivity index (χ1v) is 8.08. The molecule has 0 fully saturated rings. The first-order chi connectivity index (χ1) is 9.49. The van der Waals surface area contributed by atoms with Crippen molar-refractivity contribution in [3.05, 3.63) is 23.8 Å². The summed E-state index contributed by atoms with van der Waals surface area (Å²) in [6, 6.07) is 4.02. The van der Waals surface area contributed by atoms with Gasteiger partial charge in [0.1, 0.15) is 0 Å². The fraction of sp³-hybridized carbons (Fsp3) is 0.500. The van der Waals surface area contributed by atoms with E-state index in [0.29, 0.717) is 11.3 Å². The molecule has 0 spiro atoms. The molecular formula is C14H23N3O3S. The molecule has 0 heterocycles. The Morgan fingerprint density at radius 3 is 2.33 bits per heavy atom. The van der Waals surface area contributed by atoms with Gasteiger partial charge in [-0.2, -0.15) is 0 Å². The average molecular weight is 313 g/mol. The molecule has 118 valence electrons. The van der Waals surface area contributed by atoms with Crippen molar-refractivity contribution >= 4 is 21.6 Å². The van der Waals surface area contributed by atoms with E-state index >= 15 is 0 Å². The fourth-order valence-corrected chi connectivity index (χ4v) is 2.68. The molecule has 4 N–H and O–H groups in total. The lowest BCUT2D eigenvalue weighted by atomic mass is 9.87. The number of carbonyl (C=O) groups is 1. The first kappa shape index (κ1) is 17.6. The number of nitrogens with two attached hydrogens (primary N) is 1. The number of sulfonamides is 1. The third-order valence-electron chi connectivity index (χ3n) is 3.23. The van der Waals surface area contributed by atoms with Gasteiger partial charge in [0, 0.05) is 5.69 Å². The maximum absolute atomic E-state index is 12.1. The van der Waals surface area contributed by atoms with Crippen LogP contribution in [0.4, 0.5) is 5.69 Å². The minimum absolute atomic E-state index is 0.132. The quantitative estimate of drug-likeness (QED) is 0.777. The molecule has 0 saturated heterocycles. The summed E-state index contributed by atoms with van der Waals surface area (Å²) < 4.78 is 26.1. The SMILES string of the molecule is CNS(=O)(=O)c1cc(NC(=O)[C@H](N)C(C)(C)C)ccc1C. The highest BCUT2D eigenvalue weighted by Crippen LogP contribution is 2.22. The zero-order valence-electron chi connectivity index (χ0n) is 13.0. The van der Waals surface area contributed by atoms with E-state index in [4.69, 9.17) is 5.73 Å². The van der Waals surface area contributed by atoms with E-state index in [9.17, 15) is 13.2 Å². The summed E-state index contributed by atoms with van der Waals surface area (Å²) in [6.45, 7) is 7.28. The average Bonchev–Trinajstić information content (AvgIpc) is 2.38. The Morgan fingerprint density at radius 1 is 1.29 bits per heavy atom. The molecule has 0 aliphatic rings. The number of benzene rings is 1. The zero-order valence-corrected chi connectivity index (χ0v) is 13.8. The molecule has 1 aromatic carbocycles. The van der Waals surface area contributed by atoms with Gasteiger partial charge in [-0.05, 0) is 37.1 Å². The summed E-state index contributed by atoms with van der Waals surface area (Å²) in [4.78, 5) is 12.2. The minimum atomic E-state index is -3.57. The Morgan fingerprint density at radius 2 is 1.86 bits per heavy atom. The van der Waals surface area contributed by atoms with Crippen LogP contribution in [0.2, 0.25) is 0 Å². The number of rotatable bonds is 4. The molecule has 0 aliphatic carbocycles. The maximum atomic E-state index is 12.1. The third-order valence-corrected chi connectivity index (χ3v) is 4.79. The molecule has 0 saturated carbocycles. The van der Waals surface area contributed by atoms with Crippen molar-refractivity contribution in [2.75, 3.05) is 12.4 Å². The minimum Gasteiger partial charge on any atom is -0.325 e. The molecule has 7 heteroatoms. The van der Waals surface area contributed by atoms with Crippen LogP contribution in [0.1, 0.15) is 26.3 Å². The van der Waals surface area contributed by atoms with E-state index in [1.165, 1.54) is 13.1 Å². The second kappa shape index (κ2) is 6.13. The smallest absolute Gasteiger partial charge is 0.241 e. The van der Waals surface area contributed by atoms with Gasteiger partial charge < -0.3 is 11.1 Å². The Balaban J connectivity index is 3.08. The first-order valence-electron chi connectivity index (χ1n) is 6.59. The molecule has 0 bridgehead atoms. The Hall–Kier alpha value is -1.44. The van der Waals surface area contributed by atoms with E-state index in [-0.39, 0.29) is 16.2 Å². The highest BCUT2D eigenvalue weighted by Gasteiger charge is 2.27. The Kier molecular flexibility index (Phi) is 5.14. The van der Waals surface area contributed by atoms with Gasteiger partial charge in [0.15, 0.2) is 0 Å². The zero-order chi connectivity index (χ0) is 16.4. The van der Waals surface area contributed by atoms with Gasteiger partial charge in [-0.1, -0.05) is 26.8 Å². The van der Waals surface area contributed by atoms with Crippen molar-refractivity contribution in [2.24, 2.45) is 11.1 Å². The lowest BCUT2D eigenvalue weighted by molar-refractivity contribution is -0.119. The van der Waals surface area contributed by atoms with Crippen molar-refractivity contribution in [2.45, 2.75) is 38.6 Å². The molecule has 0 aliphatic heterocycles. The van der Waals surface area contributed by atoms with Crippen LogP contribution in [0.3, 0.4) is 0 Å². The lowest BCUT2D eigenvalue weighted by Crippen LogP contribution is -2.45. The predicted molar refractivity (Wildman–Crippen MR) is 83.5 cm³/mol. The van der Waals surface area contributed by atoms with E-state index in [1.807, 2.05) is 20.8 Å². The number of carbonyl (C=O) groups excluding carboxylic acids is 1. The van der Waals surface area contributed by atoms with Gasteiger partial charge in [-0.3, -0.25) is 4.79 Å². The fourth-order valence-electron chi connectivity index (χ4n) is 1.69. The van der Waals surface area contributed by atoms with Crippen LogP contribution in [0.5, 0.6) is 0 Å². The lowest BCUT2D eigenvalue weighted by Gasteiger charge is -2.25. The van der Waals surface area contributed by atoms with Crippen molar-refractivity contribution in [3.63, 3.8) is 0 Å². The second-order valence-electron chi connectivity index (χ2n) is 6.02. The standard InChI is InChI=1S/C14H23N3O3S/c1-9-6-7-10(8-11(9)21(19,20)16-5)17-13(18)12(15)14(2,3)4/h6-8,12,16H,15H2,1-5H3,(H,17,18)/t12-/m0/s1. The molecule has 1 aromatic rings. The van der Waals surface area contributed by atoms with Crippen LogP contribution in [-0.4, -0.2) is 27.4 Å². The van der Waals surface area contributed by atoms with Crippen LogP contribution >= 0.6 is 0 Å². The highest BCUT2D eigenvalue weighted by atomic mass is 32.2. The van der Waals surface area contributed by atoms with Crippen molar-refractivity contribution in [1.82, 2.24) is 4.72 Å². The van der Waals surface area contributed by atoms with Gasteiger partial charge in [0.25, 0.3) is 0 Å². The number of hydrogen-bond acceptors (Lipinski definition) is 4. The Labute approximate surface area is 126 Å². The van der Waals surface area contributed by atoms with Crippen molar-refractivity contribution in [1.29, 1.82) is 0 Å². The predicted octanol–water partition coefficient (Wildman–Crippen LogP) is 1.22. The van der Waals surface area contributed by atoms with Crippen LogP contribution in [0.15, 0.2) is 23.1 Å². The van der Waals surface area contributed by atoms with Crippen molar-refractivity contribution < 1.29 is 13.2 Å². The van der Waals surface area contributed by atoms with Crippen molar-refractivity contribution in [3.8, 4) is 0 Å². The van der Waals surface area contributed by atoms with Crippen LogP contribution in [-0.2, 0) is 14.8 Å². The van der Waals surface area contributed by atoms with E-state index in [0.717, 1.165) is 0 Å². The molecule has 0 aromatic heterocycles. The summed E-state index contributed by atoms with van der Waals surface area (Å²) in [6.07, 6.45) is 0. The molecule has 1 amide bonds. The number of amides is 1. The van der Waals surface area contributed by atoms with Crippen LogP contribution in [0.25, 0.3) is 0 Å². The van der Waals surface area contributed by atoms with Gasteiger partial charge in [-0.15, -0.1) is 0 Å². The Bertz CT molecular complexity index is 633. The molecule has 1 rings (SSSR count). The summed E-state index contributed by atoms with van der Waals surface area (Å²) in [5, 5.41) is 2.66. The number of nitrogens with one attached hydrogen (secondary N) is 2. The summed E-state index contributed by atoms with van der Waals surface area (Å²) in [5.41, 5.74) is 6.50. The molecule has 0 radical (unpaired) electrons. The third kappa shape index (κ3) is 4.26. The normalized spacial score (nSPS) is 13.8. The molecule has 0 unspecified atom stereocenters. The maximum Gasteiger partial charge on any atom is 0.241 e. The molecule has 1 atom stereocenters. The van der Waals surface area contributed by atoms with Gasteiger partial charge in [-0.25, -0.2) is 13.1 Å².